The fourth-order valence-corrected chi connectivity index (χ4v) is 3.10. The van der Waals surface area contributed by atoms with Gasteiger partial charge in [0.25, 0.3) is 0 Å². The molecule has 0 aliphatic heterocycles. The van der Waals surface area contributed by atoms with Crippen molar-refractivity contribution in [2.45, 2.75) is 43.8 Å². The first kappa shape index (κ1) is 14.2. The van der Waals surface area contributed by atoms with Crippen LogP contribution >= 0.6 is 0 Å². The van der Waals surface area contributed by atoms with Gasteiger partial charge in [-0.1, -0.05) is 5.16 Å². The second kappa shape index (κ2) is 5.58. The van der Waals surface area contributed by atoms with Crippen molar-refractivity contribution in [2.24, 2.45) is 0 Å². The highest BCUT2D eigenvalue weighted by atomic mass is 32.2. The van der Waals surface area contributed by atoms with Crippen molar-refractivity contribution in [3.05, 3.63) is 29.8 Å². The Balaban J connectivity index is 1.68. The number of aryl methyl sites for hydroxylation is 1. The van der Waals surface area contributed by atoms with Gasteiger partial charge in [-0.3, -0.25) is 0 Å². The Bertz CT molecular complexity index is 704. The van der Waals surface area contributed by atoms with Gasteiger partial charge in [0.2, 0.25) is 16.4 Å². The van der Waals surface area contributed by atoms with Gasteiger partial charge < -0.3 is 14.3 Å². The van der Waals surface area contributed by atoms with Gasteiger partial charge in [-0.05, 0) is 19.8 Å². The molecule has 0 spiro atoms. The van der Waals surface area contributed by atoms with Gasteiger partial charge in [0.1, 0.15) is 16.4 Å². The fraction of sp³-hybridized carbons (Fsp3) is 0.500. The first-order chi connectivity index (χ1) is 10.0. The Morgan fingerprint density at radius 3 is 2.86 bits per heavy atom. The smallest absolute Gasteiger partial charge is 0.244 e. The molecule has 2 heterocycles. The van der Waals surface area contributed by atoms with Crippen LogP contribution in [0.1, 0.15) is 30.2 Å². The number of furan rings is 1. The first-order valence-electron chi connectivity index (χ1n) is 6.62. The van der Waals surface area contributed by atoms with Crippen molar-refractivity contribution >= 4 is 10.0 Å². The number of rotatable bonds is 7. The molecule has 1 aliphatic rings. The van der Waals surface area contributed by atoms with Crippen LogP contribution in [0.3, 0.4) is 0 Å². The van der Waals surface area contributed by atoms with Gasteiger partial charge in [0.15, 0.2) is 5.82 Å². The van der Waals surface area contributed by atoms with E-state index < -0.39 is 10.0 Å². The highest BCUT2D eigenvalue weighted by Crippen LogP contribution is 2.22. The molecule has 8 nitrogen and oxygen atoms in total. The lowest BCUT2D eigenvalue weighted by molar-refractivity contribution is 0.409. The SMILES string of the molecule is Cc1oc(CNC2CC2)cc1S(=O)(=O)NCc1ncon1. The Hall–Kier alpha value is -1.71. The van der Waals surface area contributed by atoms with Crippen molar-refractivity contribution < 1.29 is 17.4 Å². The van der Waals surface area contributed by atoms with E-state index in [1.165, 1.54) is 0 Å². The summed E-state index contributed by atoms with van der Waals surface area (Å²) in [6.07, 6.45) is 3.47. The topological polar surface area (TPSA) is 110 Å². The maximum absolute atomic E-state index is 12.2. The van der Waals surface area contributed by atoms with Crippen LogP contribution in [0.5, 0.6) is 0 Å². The molecule has 2 aromatic heterocycles. The summed E-state index contributed by atoms with van der Waals surface area (Å²) >= 11 is 0. The molecule has 9 heteroatoms. The highest BCUT2D eigenvalue weighted by Gasteiger charge is 2.24. The Morgan fingerprint density at radius 1 is 1.38 bits per heavy atom. The normalized spacial score (nSPS) is 15.5. The Morgan fingerprint density at radius 2 is 2.19 bits per heavy atom. The van der Waals surface area contributed by atoms with Gasteiger partial charge in [0.05, 0.1) is 13.1 Å². The van der Waals surface area contributed by atoms with Crippen LogP contribution in [0.25, 0.3) is 0 Å². The third kappa shape index (κ3) is 3.49. The standard InChI is InChI=1S/C12H16N4O4S/c1-8-11(4-10(20-8)5-13-9-2-3-9)21(17,18)15-6-12-14-7-19-16-12/h4,7,9,13,15H,2-3,5-6H2,1H3. The molecular weight excluding hydrogens is 296 g/mol. The summed E-state index contributed by atoms with van der Waals surface area (Å²) in [5.41, 5.74) is 0. The molecule has 1 aliphatic carbocycles. The van der Waals surface area contributed by atoms with E-state index >= 15 is 0 Å². The minimum Gasteiger partial charge on any atom is -0.464 e. The maximum Gasteiger partial charge on any atom is 0.244 e. The lowest BCUT2D eigenvalue weighted by atomic mass is 10.4. The number of nitrogens with zero attached hydrogens (tertiary/aromatic N) is 2. The van der Waals surface area contributed by atoms with Gasteiger partial charge in [0, 0.05) is 12.1 Å². The summed E-state index contributed by atoms with van der Waals surface area (Å²) in [7, 11) is -3.66. The molecule has 2 N–H and O–H groups in total. The first-order valence-corrected chi connectivity index (χ1v) is 8.10. The summed E-state index contributed by atoms with van der Waals surface area (Å²) in [6, 6.07) is 2.08. The van der Waals surface area contributed by atoms with Crippen molar-refractivity contribution in [3.8, 4) is 0 Å². The van der Waals surface area contributed by atoms with E-state index in [4.69, 9.17) is 4.42 Å². The number of nitrogens with one attached hydrogen (secondary N) is 2. The predicted molar refractivity (Wildman–Crippen MR) is 71.6 cm³/mol. The second-order valence-corrected chi connectivity index (χ2v) is 6.70. The summed E-state index contributed by atoms with van der Waals surface area (Å²) in [5, 5.41) is 6.83. The molecule has 3 rings (SSSR count). The van der Waals surface area contributed by atoms with E-state index in [-0.39, 0.29) is 17.3 Å². The molecule has 0 atom stereocenters. The molecule has 1 saturated carbocycles. The average molecular weight is 312 g/mol. The largest absolute Gasteiger partial charge is 0.464 e. The van der Waals surface area contributed by atoms with Crippen LogP contribution in [0.4, 0.5) is 0 Å². The van der Waals surface area contributed by atoms with E-state index in [0.717, 1.165) is 19.2 Å². The maximum atomic E-state index is 12.2. The van der Waals surface area contributed by atoms with E-state index in [2.05, 4.69) is 24.7 Å². The fourth-order valence-electron chi connectivity index (χ4n) is 1.92. The average Bonchev–Trinajstić information content (AvgIpc) is 2.97. The zero-order valence-electron chi connectivity index (χ0n) is 11.5. The zero-order chi connectivity index (χ0) is 14.9. The van der Waals surface area contributed by atoms with Crippen LogP contribution in [-0.2, 0) is 23.1 Å². The summed E-state index contributed by atoms with van der Waals surface area (Å²) in [5.74, 6) is 1.25. The van der Waals surface area contributed by atoms with Crippen molar-refractivity contribution in [2.75, 3.05) is 0 Å². The van der Waals surface area contributed by atoms with Crippen molar-refractivity contribution in [3.63, 3.8) is 0 Å². The van der Waals surface area contributed by atoms with E-state index in [0.29, 0.717) is 24.1 Å². The molecule has 0 unspecified atom stereocenters. The quantitative estimate of drug-likeness (QED) is 0.774. The number of hydrogen-bond acceptors (Lipinski definition) is 7. The lowest BCUT2D eigenvalue weighted by Gasteiger charge is -2.02. The Kier molecular flexibility index (Phi) is 3.79. The molecule has 0 amide bonds. The summed E-state index contributed by atoms with van der Waals surface area (Å²) in [4.78, 5) is 3.90. The molecule has 0 saturated heterocycles. The van der Waals surface area contributed by atoms with Crippen molar-refractivity contribution in [1.29, 1.82) is 0 Å². The van der Waals surface area contributed by atoms with Gasteiger partial charge in [-0.25, -0.2) is 13.1 Å². The van der Waals surface area contributed by atoms with Crippen molar-refractivity contribution in [1.82, 2.24) is 20.2 Å². The van der Waals surface area contributed by atoms with E-state index in [1.54, 1.807) is 13.0 Å². The predicted octanol–water partition coefficient (Wildman–Crippen LogP) is 0.702. The lowest BCUT2D eigenvalue weighted by Crippen LogP contribution is -2.24. The molecule has 1 fully saturated rings. The van der Waals surface area contributed by atoms with E-state index in [9.17, 15) is 8.42 Å². The van der Waals surface area contributed by atoms with Crippen LogP contribution in [0.2, 0.25) is 0 Å². The monoisotopic (exact) mass is 312 g/mol. The van der Waals surface area contributed by atoms with Crippen LogP contribution in [0.15, 0.2) is 26.3 Å². The zero-order valence-corrected chi connectivity index (χ0v) is 12.3. The van der Waals surface area contributed by atoms with Crippen LogP contribution < -0.4 is 10.0 Å². The molecule has 0 aromatic carbocycles. The van der Waals surface area contributed by atoms with Gasteiger partial charge in [-0.2, -0.15) is 4.98 Å². The number of aromatic nitrogens is 2. The minimum absolute atomic E-state index is 0.0287. The number of hydrogen-bond donors (Lipinski definition) is 2. The molecule has 21 heavy (non-hydrogen) atoms. The second-order valence-electron chi connectivity index (χ2n) is 4.96. The van der Waals surface area contributed by atoms with E-state index in [1.807, 2.05) is 0 Å². The number of sulfonamides is 1. The molecule has 114 valence electrons. The third-order valence-corrected chi connectivity index (χ3v) is 4.69. The summed E-state index contributed by atoms with van der Waals surface area (Å²) in [6.45, 7) is 2.13. The summed E-state index contributed by atoms with van der Waals surface area (Å²) < 4.78 is 36.9. The van der Waals surface area contributed by atoms with Crippen LogP contribution in [-0.4, -0.2) is 24.6 Å². The molecular formula is C12H16N4O4S. The highest BCUT2D eigenvalue weighted by molar-refractivity contribution is 7.89. The molecule has 0 radical (unpaired) electrons. The molecule has 2 aromatic rings. The molecule has 0 bridgehead atoms. The van der Waals surface area contributed by atoms with Crippen LogP contribution in [0, 0.1) is 6.92 Å². The minimum atomic E-state index is -3.66. The Labute approximate surface area is 122 Å². The van der Waals surface area contributed by atoms with Gasteiger partial charge >= 0.3 is 0 Å². The van der Waals surface area contributed by atoms with Gasteiger partial charge in [-0.15, -0.1) is 0 Å². The third-order valence-electron chi connectivity index (χ3n) is 3.18.